The van der Waals surface area contributed by atoms with Crippen molar-refractivity contribution in [2.24, 2.45) is 0 Å². The van der Waals surface area contributed by atoms with E-state index in [4.69, 9.17) is 10.00 Å². The number of alkyl halides is 1. The highest BCUT2D eigenvalue weighted by Crippen LogP contribution is 2.20. The van der Waals surface area contributed by atoms with Gasteiger partial charge in [0.05, 0.1) is 18.2 Å². The van der Waals surface area contributed by atoms with Crippen molar-refractivity contribution in [3.05, 3.63) is 65.7 Å². The van der Waals surface area contributed by atoms with Gasteiger partial charge in [0.25, 0.3) is 0 Å². The molecule has 1 unspecified atom stereocenters. The van der Waals surface area contributed by atoms with E-state index in [2.05, 4.69) is 34.1 Å². The molecule has 0 bridgehead atoms. The Morgan fingerprint density at radius 3 is 2.32 bits per heavy atom. The Labute approximate surface area is 121 Å². The number of hydrogen-bond acceptors (Lipinski definition) is 2. The number of nitriles is 1. The van der Waals surface area contributed by atoms with Crippen LogP contribution in [0.5, 0.6) is 5.75 Å². The van der Waals surface area contributed by atoms with Gasteiger partial charge in [-0.2, -0.15) is 5.26 Å². The Hall–Kier alpha value is -1.79. The van der Waals surface area contributed by atoms with E-state index in [1.807, 2.05) is 30.3 Å². The van der Waals surface area contributed by atoms with Gasteiger partial charge in [-0.25, -0.2) is 0 Å². The second-order valence-corrected chi connectivity index (χ2v) is 4.86. The molecule has 0 aliphatic heterocycles. The van der Waals surface area contributed by atoms with E-state index in [0.717, 1.165) is 11.1 Å². The van der Waals surface area contributed by atoms with E-state index >= 15 is 0 Å². The zero-order valence-corrected chi connectivity index (χ0v) is 12.0. The first-order chi connectivity index (χ1) is 9.33. The minimum absolute atomic E-state index is 0.317. The van der Waals surface area contributed by atoms with Gasteiger partial charge in [-0.1, -0.05) is 46.3 Å². The Morgan fingerprint density at radius 1 is 1.05 bits per heavy atom. The number of benzene rings is 2. The fourth-order valence-corrected chi connectivity index (χ4v) is 2.34. The SMILES string of the molecule is N#Cc1ccc(OCC(CBr)c2ccccc2)cc1. The Kier molecular flexibility index (Phi) is 5.00. The summed E-state index contributed by atoms with van der Waals surface area (Å²) in [5.74, 6) is 1.11. The summed E-state index contributed by atoms with van der Waals surface area (Å²) < 4.78 is 5.77. The van der Waals surface area contributed by atoms with E-state index in [1.165, 1.54) is 5.56 Å². The third-order valence-corrected chi connectivity index (χ3v) is 3.67. The standard InChI is InChI=1S/C16H14BrNO/c17-10-15(14-4-2-1-3-5-14)12-19-16-8-6-13(11-18)7-9-16/h1-9,15H,10,12H2. The quantitative estimate of drug-likeness (QED) is 0.778. The highest BCUT2D eigenvalue weighted by Gasteiger charge is 2.10. The summed E-state index contributed by atoms with van der Waals surface area (Å²) in [6.45, 7) is 0.612. The first kappa shape index (κ1) is 13.6. The van der Waals surface area contributed by atoms with Crippen LogP contribution in [-0.4, -0.2) is 11.9 Å². The molecule has 2 aromatic rings. The third kappa shape index (κ3) is 3.84. The number of hydrogen-bond donors (Lipinski definition) is 0. The van der Waals surface area contributed by atoms with Gasteiger partial charge in [-0.15, -0.1) is 0 Å². The van der Waals surface area contributed by atoms with Crippen molar-refractivity contribution in [3.8, 4) is 11.8 Å². The van der Waals surface area contributed by atoms with Gasteiger partial charge in [-0.05, 0) is 29.8 Å². The molecule has 3 heteroatoms. The predicted octanol–water partition coefficient (Wildman–Crippen LogP) is 4.12. The molecule has 0 aliphatic rings. The molecule has 2 rings (SSSR count). The lowest BCUT2D eigenvalue weighted by Gasteiger charge is -2.15. The molecule has 0 aliphatic carbocycles. The van der Waals surface area contributed by atoms with Gasteiger partial charge >= 0.3 is 0 Å². The first-order valence-corrected chi connectivity index (χ1v) is 7.19. The molecule has 0 fully saturated rings. The summed E-state index contributed by atoms with van der Waals surface area (Å²) in [4.78, 5) is 0. The molecule has 0 saturated heterocycles. The molecule has 0 heterocycles. The maximum atomic E-state index is 8.74. The summed E-state index contributed by atoms with van der Waals surface area (Å²) in [5.41, 5.74) is 1.90. The van der Waals surface area contributed by atoms with Crippen molar-refractivity contribution in [1.29, 1.82) is 5.26 Å². The predicted molar refractivity (Wildman–Crippen MR) is 79.6 cm³/mol. The molecule has 1 atom stereocenters. The van der Waals surface area contributed by atoms with Crippen molar-refractivity contribution >= 4 is 15.9 Å². The average Bonchev–Trinajstić information content (AvgIpc) is 2.49. The minimum atomic E-state index is 0.317. The fraction of sp³-hybridized carbons (Fsp3) is 0.188. The van der Waals surface area contributed by atoms with Crippen LogP contribution in [0.15, 0.2) is 54.6 Å². The van der Waals surface area contributed by atoms with E-state index in [0.29, 0.717) is 18.1 Å². The lowest BCUT2D eigenvalue weighted by Crippen LogP contribution is -2.11. The third-order valence-electron chi connectivity index (χ3n) is 2.89. The van der Waals surface area contributed by atoms with E-state index in [9.17, 15) is 0 Å². The van der Waals surface area contributed by atoms with Crippen LogP contribution >= 0.6 is 15.9 Å². The first-order valence-electron chi connectivity index (χ1n) is 6.07. The maximum absolute atomic E-state index is 8.74. The van der Waals surface area contributed by atoms with Crippen molar-refractivity contribution in [3.63, 3.8) is 0 Å². The normalized spacial score (nSPS) is 11.6. The molecule has 0 saturated carbocycles. The van der Waals surface area contributed by atoms with Gasteiger partial charge in [0.2, 0.25) is 0 Å². The van der Waals surface area contributed by atoms with Gasteiger partial charge in [0, 0.05) is 11.2 Å². The zero-order valence-electron chi connectivity index (χ0n) is 10.4. The van der Waals surface area contributed by atoms with Crippen LogP contribution in [0.2, 0.25) is 0 Å². The van der Waals surface area contributed by atoms with E-state index < -0.39 is 0 Å². The van der Waals surface area contributed by atoms with Crippen LogP contribution in [-0.2, 0) is 0 Å². The summed E-state index contributed by atoms with van der Waals surface area (Å²) in [7, 11) is 0. The number of ether oxygens (including phenoxy) is 1. The van der Waals surface area contributed by atoms with Crippen LogP contribution < -0.4 is 4.74 Å². The summed E-state index contributed by atoms with van der Waals surface area (Å²) >= 11 is 3.53. The Balaban J connectivity index is 1.98. The van der Waals surface area contributed by atoms with Crippen LogP contribution in [0.4, 0.5) is 0 Å². The minimum Gasteiger partial charge on any atom is -0.493 e. The average molecular weight is 316 g/mol. The second kappa shape index (κ2) is 6.96. The molecule has 0 N–H and O–H groups in total. The number of rotatable bonds is 5. The fourth-order valence-electron chi connectivity index (χ4n) is 1.78. The monoisotopic (exact) mass is 315 g/mol. The molecule has 0 amide bonds. The Bertz CT molecular complexity index is 545. The molecular formula is C16H14BrNO. The van der Waals surface area contributed by atoms with Crippen molar-refractivity contribution in [1.82, 2.24) is 0 Å². The van der Waals surface area contributed by atoms with E-state index in [1.54, 1.807) is 12.1 Å². The van der Waals surface area contributed by atoms with Crippen molar-refractivity contribution < 1.29 is 4.74 Å². The molecule has 0 radical (unpaired) electrons. The molecule has 96 valence electrons. The topological polar surface area (TPSA) is 33.0 Å². The molecule has 0 spiro atoms. The molecule has 0 aromatic heterocycles. The Morgan fingerprint density at radius 2 is 1.74 bits per heavy atom. The van der Waals surface area contributed by atoms with E-state index in [-0.39, 0.29) is 0 Å². The summed E-state index contributed by atoms with van der Waals surface area (Å²) in [6.07, 6.45) is 0. The molecular weight excluding hydrogens is 302 g/mol. The van der Waals surface area contributed by atoms with Crippen molar-refractivity contribution in [2.45, 2.75) is 5.92 Å². The number of halogens is 1. The highest BCUT2D eigenvalue weighted by molar-refractivity contribution is 9.09. The zero-order chi connectivity index (χ0) is 13.5. The smallest absolute Gasteiger partial charge is 0.119 e. The van der Waals surface area contributed by atoms with Crippen molar-refractivity contribution in [2.75, 3.05) is 11.9 Å². The lowest BCUT2D eigenvalue weighted by atomic mass is 10.0. The lowest BCUT2D eigenvalue weighted by molar-refractivity contribution is 0.298. The molecule has 19 heavy (non-hydrogen) atoms. The number of nitrogens with zero attached hydrogens (tertiary/aromatic N) is 1. The van der Waals surface area contributed by atoms with Gasteiger partial charge in [0.15, 0.2) is 0 Å². The van der Waals surface area contributed by atoms with Crippen LogP contribution in [0, 0.1) is 11.3 Å². The maximum Gasteiger partial charge on any atom is 0.119 e. The molecule has 2 nitrogen and oxygen atoms in total. The van der Waals surface area contributed by atoms with Gasteiger partial charge < -0.3 is 4.74 Å². The van der Waals surface area contributed by atoms with Gasteiger partial charge in [0.1, 0.15) is 5.75 Å². The molecule has 2 aromatic carbocycles. The highest BCUT2D eigenvalue weighted by atomic mass is 79.9. The second-order valence-electron chi connectivity index (χ2n) is 4.21. The largest absolute Gasteiger partial charge is 0.493 e. The van der Waals surface area contributed by atoms with Crippen LogP contribution in [0.1, 0.15) is 17.0 Å². The van der Waals surface area contributed by atoms with Gasteiger partial charge in [-0.3, -0.25) is 0 Å². The van der Waals surface area contributed by atoms with Crippen LogP contribution in [0.3, 0.4) is 0 Å². The van der Waals surface area contributed by atoms with Crippen LogP contribution in [0.25, 0.3) is 0 Å². The summed E-state index contributed by atoms with van der Waals surface area (Å²) in [5, 5.41) is 9.59. The summed E-state index contributed by atoms with van der Waals surface area (Å²) in [6, 6.07) is 19.6.